The molecular formula is C16H22N2O6. The Morgan fingerprint density at radius 3 is 2.17 bits per heavy atom. The third kappa shape index (κ3) is 15.2. The van der Waals surface area contributed by atoms with Gasteiger partial charge in [-0.25, -0.2) is 4.79 Å². The molecule has 0 aromatic rings. The van der Waals surface area contributed by atoms with E-state index in [1.807, 2.05) is 0 Å². The van der Waals surface area contributed by atoms with Crippen LogP contribution in [0.2, 0.25) is 0 Å². The van der Waals surface area contributed by atoms with Gasteiger partial charge in [0.05, 0.1) is 6.26 Å². The Labute approximate surface area is 140 Å². The van der Waals surface area contributed by atoms with Crippen LogP contribution in [0.4, 0.5) is 0 Å². The van der Waals surface area contributed by atoms with Gasteiger partial charge < -0.3 is 20.1 Å². The molecule has 8 nitrogen and oxygen atoms in total. The van der Waals surface area contributed by atoms with Crippen LogP contribution in [-0.2, 0) is 23.9 Å². The number of ether oxygens (including phenoxy) is 1. The largest absolute Gasteiger partial charge is 0.478 e. The molecule has 132 valence electrons. The Morgan fingerprint density at radius 2 is 1.88 bits per heavy atom. The molecule has 0 spiro atoms. The van der Waals surface area contributed by atoms with E-state index in [9.17, 15) is 19.2 Å². The van der Waals surface area contributed by atoms with E-state index in [1.54, 1.807) is 4.90 Å². The second kappa shape index (κ2) is 14.8. The van der Waals surface area contributed by atoms with Crippen molar-refractivity contribution in [2.75, 3.05) is 6.54 Å². The minimum atomic E-state index is -0.981. The van der Waals surface area contributed by atoms with Crippen LogP contribution in [0, 0.1) is 0 Å². The van der Waals surface area contributed by atoms with Gasteiger partial charge in [0.2, 0.25) is 11.8 Å². The molecule has 1 saturated heterocycles. The fraction of sp³-hybridized carbons (Fsp3) is 0.250. The highest BCUT2D eigenvalue weighted by Gasteiger charge is 2.17. The number of aliphatic carboxylic acids is 1. The van der Waals surface area contributed by atoms with Crippen LogP contribution in [0.15, 0.2) is 50.6 Å². The number of esters is 1. The number of amides is 2. The number of nitrogens with one attached hydrogen (secondary N) is 1. The van der Waals surface area contributed by atoms with Crippen molar-refractivity contribution >= 4 is 23.8 Å². The predicted octanol–water partition coefficient (Wildman–Crippen LogP) is 1.33. The second-order valence-corrected chi connectivity index (χ2v) is 4.04. The molecule has 8 heteroatoms. The molecule has 2 N–H and O–H groups in total. The summed E-state index contributed by atoms with van der Waals surface area (Å²) in [4.78, 5) is 42.5. The maximum Gasteiger partial charge on any atom is 0.327 e. The third-order valence-electron chi connectivity index (χ3n) is 2.18. The van der Waals surface area contributed by atoms with Gasteiger partial charge in [0.25, 0.3) is 0 Å². The third-order valence-corrected chi connectivity index (χ3v) is 2.18. The number of carbonyl (C=O) groups excluding carboxylic acids is 3. The standard InChI is InChI=1S/C9H12N2O2.C4H6O2.C3H4O2/c1-2-10-8(12)5-7-11-6-3-4-9(11)13;1-3-6-4(2)5;1-2-3(4)5/h2,5,7H,1,3-4,6H2,(H,10,12);3H,1H2,2H3;2H,1H2,(H,4,5). The van der Waals surface area contributed by atoms with Crippen LogP contribution in [0.1, 0.15) is 19.8 Å². The zero-order chi connectivity index (χ0) is 19.0. The molecule has 1 rings (SSSR count). The maximum atomic E-state index is 11.1. The number of hydrogen-bond acceptors (Lipinski definition) is 5. The molecule has 1 heterocycles. The van der Waals surface area contributed by atoms with Crippen molar-refractivity contribution in [2.24, 2.45) is 0 Å². The lowest BCUT2D eigenvalue weighted by molar-refractivity contribution is -0.135. The van der Waals surface area contributed by atoms with Crippen LogP contribution in [0.5, 0.6) is 0 Å². The van der Waals surface area contributed by atoms with Gasteiger partial charge in [-0.2, -0.15) is 0 Å². The molecule has 24 heavy (non-hydrogen) atoms. The summed E-state index contributed by atoms with van der Waals surface area (Å²) in [6.07, 6.45) is 7.51. The Balaban J connectivity index is 0. The maximum absolute atomic E-state index is 11.1. The lowest BCUT2D eigenvalue weighted by Gasteiger charge is -2.07. The average molecular weight is 338 g/mol. The number of hydrogen-bond donors (Lipinski definition) is 2. The van der Waals surface area contributed by atoms with Crippen LogP contribution >= 0.6 is 0 Å². The molecule has 0 aromatic carbocycles. The minimum absolute atomic E-state index is 0.0719. The molecule has 2 amide bonds. The van der Waals surface area contributed by atoms with Gasteiger partial charge in [-0.05, 0) is 12.6 Å². The van der Waals surface area contributed by atoms with Crippen molar-refractivity contribution in [2.45, 2.75) is 19.8 Å². The summed E-state index contributed by atoms with van der Waals surface area (Å²) in [6, 6.07) is 0. The molecule has 1 aliphatic rings. The van der Waals surface area contributed by atoms with Gasteiger partial charge in [-0.3, -0.25) is 14.4 Å². The van der Waals surface area contributed by atoms with Crippen molar-refractivity contribution in [3.05, 3.63) is 50.6 Å². The molecule has 1 fully saturated rings. The second-order valence-electron chi connectivity index (χ2n) is 4.04. The van der Waals surface area contributed by atoms with E-state index in [-0.39, 0.29) is 17.8 Å². The van der Waals surface area contributed by atoms with Gasteiger partial charge in [-0.1, -0.05) is 19.7 Å². The summed E-state index contributed by atoms with van der Waals surface area (Å²) in [6.45, 7) is 11.5. The SMILES string of the molecule is C=CC(=O)O.C=CNC(=O)C=CN1CCCC1=O.C=COC(C)=O. The van der Waals surface area contributed by atoms with Gasteiger partial charge in [0, 0.05) is 38.2 Å². The first kappa shape index (κ1) is 23.1. The van der Waals surface area contributed by atoms with Crippen molar-refractivity contribution in [1.82, 2.24) is 10.2 Å². The smallest absolute Gasteiger partial charge is 0.327 e. The first-order valence-electron chi connectivity index (χ1n) is 6.81. The number of carbonyl (C=O) groups is 4. The Hall–Kier alpha value is -3.16. The van der Waals surface area contributed by atoms with Crippen LogP contribution in [-0.4, -0.2) is 40.3 Å². The van der Waals surface area contributed by atoms with Gasteiger partial charge in [0.1, 0.15) is 0 Å². The Morgan fingerprint density at radius 1 is 1.29 bits per heavy atom. The number of rotatable bonds is 5. The molecule has 0 aromatic heterocycles. The van der Waals surface area contributed by atoms with Crippen molar-refractivity contribution in [3.8, 4) is 0 Å². The summed E-state index contributed by atoms with van der Waals surface area (Å²) in [5, 5.41) is 9.99. The summed E-state index contributed by atoms with van der Waals surface area (Å²) in [5.41, 5.74) is 0. The molecule has 0 radical (unpaired) electrons. The van der Waals surface area contributed by atoms with Crippen molar-refractivity contribution in [3.63, 3.8) is 0 Å². The zero-order valence-corrected chi connectivity index (χ0v) is 13.6. The Kier molecular flexibility index (Phi) is 14.2. The van der Waals surface area contributed by atoms with E-state index < -0.39 is 5.97 Å². The normalized spacial score (nSPS) is 12.0. The average Bonchev–Trinajstić information content (AvgIpc) is 2.92. The van der Waals surface area contributed by atoms with E-state index >= 15 is 0 Å². The minimum Gasteiger partial charge on any atom is -0.478 e. The quantitative estimate of drug-likeness (QED) is 0.444. The lowest BCUT2D eigenvalue weighted by atomic mass is 10.4. The summed E-state index contributed by atoms with van der Waals surface area (Å²) in [7, 11) is 0. The van der Waals surface area contributed by atoms with Gasteiger partial charge in [0.15, 0.2) is 0 Å². The number of carboxylic acids is 1. The molecule has 0 atom stereocenters. The lowest BCUT2D eigenvalue weighted by Crippen LogP contribution is -2.20. The first-order valence-corrected chi connectivity index (χ1v) is 6.81. The van der Waals surface area contributed by atoms with E-state index in [2.05, 4.69) is 29.8 Å². The fourth-order valence-corrected chi connectivity index (χ4v) is 1.25. The zero-order valence-electron chi connectivity index (χ0n) is 13.6. The van der Waals surface area contributed by atoms with E-state index in [0.717, 1.165) is 18.8 Å². The van der Waals surface area contributed by atoms with Gasteiger partial charge >= 0.3 is 11.9 Å². The van der Waals surface area contributed by atoms with E-state index in [0.29, 0.717) is 13.0 Å². The summed E-state index contributed by atoms with van der Waals surface area (Å²) < 4.78 is 4.17. The number of carboxylic acid groups (broad SMARTS) is 1. The number of likely N-dealkylation sites (tertiary alicyclic amines) is 1. The molecule has 0 unspecified atom stereocenters. The molecular weight excluding hydrogens is 316 g/mol. The van der Waals surface area contributed by atoms with Crippen LogP contribution in [0.25, 0.3) is 0 Å². The van der Waals surface area contributed by atoms with Crippen LogP contribution in [0.3, 0.4) is 0 Å². The molecule has 0 aliphatic carbocycles. The van der Waals surface area contributed by atoms with E-state index in [1.165, 1.54) is 25.4 Å². The van der Waals surface area contributed by atoms with Crippen LogP contribution < -0.4 is 5.32 Å². The summed E-state index contributed by atoms with van der Waals surface area (Å²) >= 11 is 0. The Bertz CT molecular complexity index is 511. The molecule has 0 bridgehead atoms. The molecule has 1 aliphatic heterocycles. The summed E-state index contributed by atoms with van der Waals surface area (Å²) in [5.74, 6) is -1.51. The van der Waals surface area contributed by atoms with Gasteiger partial charge in [-0.15, -0.1) is 0 Å². The monoisotopic (exact) mass is 338 g/mol. The predicted molar refractivity (Wildman–Crippen MR) is 88.2 cm³/mol. The van der Waals surface area contributed by atoms with Crippen molar-refractivity contribution < 1.29 is 29.0 Å². The topological polar surface area (TPSA) is 113 Å². The fourth-order valence-electron chi connectivity index (χ4n) is 1.25. The van der Waals surface area contributed by atoms with E-state index in [4.69, 9.17) is 5.11 Å². The highest BCUT2D eigenvalue weighted by atomic mass is 16.5. The first-order chi connectivity index (χ1) is 11.3. The highest BCUT2D eigenvalue weighted by Crippen LogP contribution is 2.09. The number of nitrogens with zero attached hydrogens (tertiary/aromatic N) is 1. The molecule has 0 saturated carbocycles. The highest BCUT2D eigenvalue weighted by molar-refractivity contribution is 5.89. The van der Waals surface area contributed by atoms with Crippen molar-refractivity contribution in [1.29, 1.82) is 0 Å².